The number of amides is 3. The minimum absolute atomic E-state index is 0.0517. The second-order valence-corrected chi connectivity index (χ2v) is 5.45. The summed E-state index contributed by atoms with van der Waals surface area (Å²) in [5.74, 6) is 0. The Morgan fingerprint density at radius 3 is 1.94 bits per heavy atom. The van der Waals surface area contributed by atoms with Crippen molar-refractivity contribution < 1.29 is 9.59 Å². The van der Waals surface area contributed by atoms with E-state index in [4.69, 9.17) is 0 Å². The molecule has 4 heteroatoms. The average molecular weight is 248 g/mol. The van der Waals surface area contributed by atoms with Gasteiger partial charge in [0.2, 0.25) is 6.41 Å². The second kappa shape index (κ2) is 5.21. The maximum absolute atomic E-state index is 11.8. The summed E-state index contributed by atoms with van der Waals surface area (Å²) >= 11 is 0. The Balaban J connectivity index is 3.03. The fraction of sp³-hybridized carbons (Fsp3) is 0.429. The number of nitrogens with zero attached hydrogens (tertiary/aromatic N) is 2. The van der Waals surface area contributed by atoms with E-state index < -0.39 is 0 Å². The van der Waals surface area contributed by atoms with Crippen molar-refractivity contribution in [3.05, 3.63) is 29.8 Å². The molecule has 0 spiro atoms. The van der Waals surface area contributed by atoms with E-state index in [9.17, 15) is 9.59 Å². The molecule has 4 nitrogen and oxygen atoms in total. The van der Waals surface area contributed by atoms with Crippen LogP contribution in [0.5, 0.6) is 0 Å². The molecule has 0 heterocycles. The van der Waals surface area contributed by atoms with Gasteiger partial charge in [0.15, 0.2) is 0 Å². The van der Waals surface area contributed by atoms with Crippen LogP contribution in [0, 0.1) is 0 Å². The Morgan fingerprint density at radius 2 is 1.61 bits per heavy atom. The van der Waals surface area contributed by atoms with Crippen LogP contribution in [0.4, 0.5) is 10.5 Å². The Morgan fingerprint density at radius 1 is 1.11 bits per heavy atom. The van der Waals surface area contributed by atoms with Crippen LogP contribution in [-0.2, 0) is 10.2 Å². The molecule has 1 aromatic carbocycles. The number of hydrogen-bond donors (Lipinski definition) is 0. The fourth-order valence-corrected chi connectivity index (χ4v) is 1.55. The van der Waals surface area contributed by atoms with Gasteiger partial charge in [-0.05, 0) is 23.1 Å². The van der Waals surface area contributed by atoms with E-state index in [2.05, 4.69) is 20.8 Å². The topological polar surface area (TPSA) is 40.6 Å². The molecule has 98 valence electrons. The zero-order chi connectivity index (χ0) is 13.9. The molecule has 0 aliphatic rings. The first-order valence-electron chi connectivity index (χ1n) is 5.83. The molecule has 0 bridgehead atoms. The van der Waals surface area contributed by atoms with Gasteiger partial charge in [-0.1, -0.05) is 32.9 Å². The van der Waals surface area contributed by atoms with Gasteiger partial charge >= 0.3 is 6.03 Å². The standard InChI is InChI=1S/C14H20N2O2/c1-14(2,3)11-6-8-12(9-7-11)16(10-17)13(18)15(4)5/h6-10H,1-5H3. The number of carbonyl (C=O) groups excluding carboxylic acids is 2. The molecule has 0 fully saturated rings. The van der Waals surface area contributed by atoms with Gasteiger partial charge in [0.25, 0.3) is 0 Å². The third-order valence-electron chi connectivity index (χ3n) is 2.71. The summed E-state index contributed by atoms with van der Waals surface area (Å²) in [6.45, 7) is 6.35. The number of carbonyl (C=O) groups is 2. The van der Waals surface area contributed by atoms with Gasteiger partial charge in [0.05, 0.1) is 5.69 Å². The number of urea groups is 1. The lowest BCUT2D eigenvalue weighted by atomic mass is 9.87. The monoisotopic (exact) mass is 248 g/mol. The van der Waals surface area contributed by atoms with Crippen molar-refractivity contribution in [3.8, 4) is 0 Å². The molecule has 0 aromatic heterocycles. The molecule has 0 aliphatic carbocycles. The lowest BCUT2D eigenvalue weighted by Crippen LogP contribution is -2.38. The Hall–Kier alpha value is -1.84. The lowest BCUT2D eigenvalue weighted by molar-refractivity contribution is -0.106. The highest BCUT2D eigenvalue weighted by atomic mass is 16.2. The summed E-state index contributed by atoms with van der Waals surface area (Å²) in [4.78, 5) is 25.2. The third kappa shape index (κ3) is 3.09. The van der Waals surface area contributed by atoms with Crippen molar-refractivity contribution in [3.63, 3.8) is 0 Å². The van der Waals surface area contributed by atoms with Crippen molar-refractivity contribution in [2.24, 2.45) is 0 Å². The summed E-state index contributed by atoms with van der Waals surface area (Å²) in [6, 6.07) is 7.10. The minimum atomic E-state index is -0.353. The van der Waals surface area contributed by atoms with Gasteiger partial charge in [-0.25, -0.2) is 9.69 Å². The highest BCUT2D eigenvalue weighted by Gasteiger charge is 2.18. The number of anilines is 1. The van der Waals surface area contributed by atoms with Crippen LogP contribution in [0.25, 0.3) is 0 Å². The molecule has 0 N–H and O–H groups in total. The summed E-state index contributed by atoms with van der Waals surface area (Å²) in [6.07, 6.45) is 0.536. The summed E-state index contributed by atoms with van der Waals surface area (Å²) < 4.78 is 0. The van der Waals surface area contributed by atoms with Crippen LogP contribution < -0.4 is 4.90 Å². The SMILES string of the molecule is CN(C)C(=O)N(C=O)c1ccc(C(C)(C)C)cc1. The number of benzene rings is 1. The highest BCUT2D eigenvalue weighted by molar-refractivity contribution is 6.05. The summed E-state index contributed by atoms with van der Waals surface area (Å²) in [5, 5.41) is 0. The van der Waals surface area contributed by atoms with E-state index >= 15 is 0 Å². The van der Waals surface area contributed by atoms with Gasteiger partial charge in [-0.15, -0.1) is 0 Å². The summed E-state index contributed by atoms with van der Waals surface area (Å²) in [5.41, 5.74) is 1.79. The molecule has 0 saturated heterocycles. The van der Waals surface area contributed by atoms with Crippen molar-refractivity contribution in [1.82, 2.24) is 4.90 Å². The van der Waals surface area contributed by atoms with Gasteiger partial charge in [-0.2, -0.15) is 0 Å². The van der Waals surface area contributed by atoms with Gasteiger partial charge in [0.1, 0.15) is 0 Å². The maximum Gasteiger partial charge on any atom is 0.330 e. The van der Waals surface area contributed by atoms with E-state index in [0.717, 1.165) is 10.5 Å². The molecular weight excluding hydrogens is 228 g/mol. The van der Waals surface area contributed by atoms with Crippen LogP contribution in [0.15, 0.2) is 24.3 Å². The zero-order valence-electron chi connectivity index (χ0n) is 11.6. The zero-order valence-corrected chi connectivity index (χ0v) is 11.6. The first-order valence-corrected chi connectivity index (χ1v) is 5.83. The smallest absolute Gasteiger partial charge is 0.330 e. The van der Waals surface area contributed by atoms with Gasteiger partial charge in [-0.3, -0.25) is 4.79 Å². The van der Waals surface area contributed by atoms with Crippen LogP contribution in [0.2, 0.25) is 0 Å². The predicted octanol–water partition coefficient (Wildman–Crippen LogP) is 2.63. The molecule has 3 amide bonds. The van der Waals surface area contributed by atoms with Crippen LogP contribution in [-0.4, -0.2) is 31.4 Å². The largest absolute Gasteiger partial charge is 0.330 e. The fourth-order valence-electron chi connectivity index (χ4n) is 1.55. The molecule has 0 unspecified atom stereocenters. The molecule has 0 radical (unpaired) electrons. The first kappa shape index (κ1) is 14.2. The Kier molecular flexibility index (Phi) is 4.11. The molecule has 1 aromatic rings. The van der Waals surface area contributed by atoms with Crippen molar-refractivity contribution in [2.75, 3.05) is 19.0 Å². The van der Waals surface area contributed by atoms with E-state index in [1.807, 2.05) is 12.1 Å². The molecule has 0 saturated carbocycles. The molecule has 1 rings (SSSR count). The van der Waals surface area contributed by atoms with Gasteiger partial charge < -0.3 is 4.90 Å². The average Bonchev–Trinajstić information content (AvgIpc) is 2.29. The second-order valence-electron chi connectivity index (χ2n) is 5.45. The normalized spacial score (nSPS) is 10.9. The van der Waals surface area contributed by atoms with Crippen molar-refractivity contribution in [2.45, 2.75) is 26.2 Å². The quantitative estimate of drug-likeness (QED) is 0.755. The molecule has 0 atom stereocenters. The Labute approximate surface area is 108 Å². The predicted molar refractivity (Wildman–Crippen MR) is 72.8 cm³/mol. The van der Waals surface area contributed by atoms with E-state index in [1.165, 1.54) is 4.90 Å². The van der Waals surface area contributed by atoms with E-state index in [1.54, 1.807) is 26.2 Å². The Bertz CT molecular complexity index is 430. The van der Waals surface area contributed by atoms with Gasteiger partial charge in [0, 0.05) is 14.1 Å². The summed E-state index contributed by atoms with van der Waals surface area (Å²) in [7, 11) is 3.23. The first-order chi connectivity index (χ1) is 8.27. The number of hydrogen-bond acceptors (Lipinski definition) is 2. The number of rotatable bonds is 2. The lowest BCUT2D eigenvalue weighted by Gasteiger charge is -2.22. The van der Waals surface area contributed by atoms with E-state index in [-0.39, 0.29) is 11.4 Å². The number of imide groups is 1. The molecular formula is C14H20N2O2. The van der Waals surface area contributed by atoms with Crippen LogP contribution >= 0.6 is 0 Å². The molecule has 0 aliphatic heterocycles. The van der Waals surface area contributed by atoms with Crippen molar-refractivity contribution >= 4 is 18.1 Å². The maximum atomic E-state index is 11.8. The third-order valence-corrected chi connectivity index (χ3v) is 2.71. The minimum Gasteiger partial charge on any atom is -0.330 e. The van der Waals surface area contributed by atoms with Crippen LogP contribution in [0.3, 0.4) is 0 Å². The van der Waals surface area contributed by atoms with Crippen LogP contribution in [0.1, 0.15) is 26.3 Å². The molecule has 18 heavy (non-hydrogen) atoms. The van der Waals surface area contributed by atoms with Crippen molar-refractivity contribution in [1.29, 1.82) is 0 Å². The van der Waals surface area contributed by atoms with E-state index in [0.29, 0.717) is 12.1 Å². The highest BCUT2D eigenvalue weighted by Crippen LogP contribution is 2.24.